The Morgan fingerprint density at radius 1 is 1.11 bits per heavy atom. The van der Waals surface area contributed by atoms with Crippen LogP contribution in [0.15, 0.2) is 63.3 Å². The molecule has 3 aromatic rings. The van der Waals surface area contributed by atoms with Crippen LogP contribution in [-0.2, 0) is 11.3 Å². The molecule has 1 aromatic heterocycles. The molecule has 5 rings (SSSR count). The van der Waals surface area contributed by atoms with Gasteiger partial charge in [0.05, 0.1) is 27.6 Å². The molecule has 0 saturated heterocycles. The van der Waals surface area contributed by atoms with E-state index in [0.717, 1.165) is 28.5 Å². The number of carbonyl (C=O) groups excluding carboxylic acids is 1. The lowest BCUT2D eigenvalue weighted by molar-refractivity contribution is -0.384. The van der Waals surface area contributed by atoms with Crippen LogP contribution >= 0.6 is 23.1 Å². The number of thioether (sulfide) groups is 1. The number of thiazole rings is 1. The fourth-order valence-electron chi connectivity index (χ4n) is 4.22. The fraction of sp³-hybridized carbons (Fsp3) is 0.240. The highest BCUT2D eigenvalue weighted by atomic mass is 32.2. The van der Waals surface area contributed by atoms with Gasteiger partial charge in [-0.2, -0.15) is 10.1 Å². The molecule has 0 radical (unpaired) electrons. The van der Waals surface area contributed by atoms with Crippen LogP contribution in [0.2, 0.25) is 0 Å². The minimum atomic E-state index is -0.510. The Labute approximate surface area is 214 Å². The summed E-state index contributed by atoms with van der Waals surface area (Å²) in [5.41, 5.74) is 1.88. The number of rotatable bonds is 5. The Hall–Kier alpha value is -3.70. The van der Waals surface area contributed by atoms with E-state index in [1.165, 1.54) is 34.5 Å². The lowest BCUT2D eigenvalue weighted by Crippen LogP contribution is -2.35. The Morgan fingerprint density at radius 2 is 1.89 bits per heavy atom. The second kappa shape index (κ2) is 9.40. The number of para-hydroxylation sites is 1. The number of hydrazone groups is 1. The number of amides is 1. The second-order valence-electron chi connectivity index (χ2n) is 8.43. The van der Waals surface area contributed by atoms with E-state index in [1.807, 2.05) is 36.2 Å². The smallest absolute Gasteiger partial charge is 0.283 e. The van der Waals surface area contributed by atoms with Crippen LogP contribution in [0.3, 0.4) is 0 Å². The van der Waals surface area contributed by atoms with Crippen molar-refractivity contribution in [3.8, 4) is 0 Å². The highest BCUT2D eigenvalue weighted by Gasteiger charge is 2.32. The molecule has 0 fully saturated rings. The van der Waals surface area contributed by atoms with Crippen molar-refractivity contribution in [2.45, 2.75) is 38.1 Å². The predicted molar refractivity (Wildman–Crippen MR) is 144 cm³/mol. The molecule has 0 unspecified atom stereocenters. The number of nitro groups is 1. The summed E-state index contributed by atoms with van der Waals surface area (Å²) in [6.45, 7) is 4.25. The molecule has 9 nitrogen and oxygen atoms in total. The zero-order valence-corrected chi connectivity index (χ0v) is 21.6. The van der Waals surface area contributed by atoms with Crippen LogP contribution in [-0.4, -0.2) is 28.2 Å². The van der Waals surface area contributed by atoms with Gasteiger partial charge in [0.1, 0.15) is 14.2 Å². The third-order valence-corrected chi connectivity index (χ3v) is 8.62. The van der Waals surface area contributed by atoms with Gasteiger partial charge < -0.3 is 4.90 Å². The summed E-state index contributed by atoms with van der Waals surface area (Å²) in [4.78, 5) is 41.1. The van der Waals surface area contributed by atoms with E-state index < -0.39 is 10.8 Å². The van der Waals surface area contributed by atoms with Crippen molar-refractivity contribution >= 4 is 62.4 Å². The van der Waals surface area contributed by atoms with Crippen molar-refractivity contribution in [3.05, 3.63) is 78.2 Å². The Kier molecular flexibility index (Phi) is 6.27. The molecule has 0 aliphatic carbocycles. The number of nitro benzene ring substituents is 1. The number of carbonyl (C=O) groups is 1. The van der Waals surface area contributed by atoms with Gasteiger partial charge >= 0.3 is 0 Å². The minimum Gasteiger partial charge on any atom is -0.337 e. The molecule has 0 spiro atoms. The maximum Gasteiger partial charge on any atom is 0.283 e. The molecule has 2 aliphatic heterocycles. The topological polar surface area (TPSA) is 101 Å². The summed E-state index contributed by atoms with van der Waals surface area (Å²) in [5, 5.41) is 17.7. The quantitative estimate of drug-likeness (QED) is 0.376. The minimum absolute atomic E-state index is 0.128. The lowest BCUT2D eigenvalue weighted by Gasteiger charge is -2.11. The molecule has 0 N–H and O–H groups in total. The molecule has 11 heteroatoms. The Bertz CT molecular complexity index is 1620. The first-order valence-corrected chi connectivity index (χ1v) is 13.1. The van der Waals surface area contributed by atoms with Crippen LogP contribution < -0.4 is 24.7 Å². The van der Waals surface area contributed by atoms with Crippen molar-refractivity contribution in [2.24, 2.45) is 5.10 Å². The van der Waals surface area contributed by atoms with Crippen LogP contribution in [0.1, 0.15) is 26.7 Å². The molecule has 36 heavy (non-hydrogen) atoms. The third kappa shape index (κ3) is 3.94. The van der Waals surface area contributed by atoms with E-state index in [0.29, 0.717) is 32.7 Å². The number of non-ortho nitro benzene ring substituents is 1. The van der Waals surface area contributed by atoms with Gasteiger partial charge in [0.2, 0.25) is 0 Å². The summed E-state index contributed by atoms with van der Waals surface area (Å²) < 4.78 is 2.81. The summed E-state index contributed by atoms with van der Waals surface area (Å²) in [6.07, 6.45) is 1.68. The molecule has 184 valence electrons. The van der Waals surface area contributed by atoms with E-state index in [4.69, 9.17) is 0 Å². The van der Waals surface area contributed by atoms with Crippen LogP contribution in [0.25, 0.3) is 10.6 Å². The van der Waals surface area contributed by atoms with E-state index in [9.17, 15) is 19.7 Å². The van der Waals surface area contributed by atoms with E-state index in [1.54, 1.807) is 29.3 Å². The highest BCUT2D eigenvalue weighted by molar-refractivity contribution is 8.08. The largest absolute Gasteiger partial charge is 0.337 e. The first-order chi connectivity index (χ1) is 17.3. The number of hydrogen-bond donors (Lipinski definition) is 0. The van der Waals surface area contributed by atoms with Crippen LogP contribution in [0.4, 0.5) is 17.1 Å². The van der Waals surface area contributed by atoms with Crippen LogP contribution in [0.5, 0.6) is 0 Å². The number of anilines is 2. The zero-order chi connectivity index (χ0) is 25.6. The molecule has 0 bridgehead atoms. The average molecular weight is 522 g/mol. The third-order valence-electron chi connectivity index (χ3n) is 6.07. The first kappa shape index (κ1) is 24.0. The Balaban J connectivity index is 1.70. The average Bonchev–Trinajstić information content (AvgIpc) is 3.48. The van der Waals surface area contributed by atoms with Gasteiger partial charge in [-0.3, -0.25) is 24.3 Å². The highest BCUT2D eigenvalue weighted by Crippen LogP contribution is 2.45. The van der Waals surface area contributed by atoms with Gasteiger partial charge in [0.25, 0.3) is 17.2 Å². The van der Waals surface area contributed by atoms with E-state index >= 15 is 0 Å². The van der Waals surface area contributed by atoms with Gasteiger partial charge in [-0.1, -0.05) is 43.3 Å². The summed E-state index contributed by atoms with van der Waals surface area (Å²) in [7, 11) is 1.94. The van der Waals surface area contributed by atoms with Crippen molar-refractivity contribution in [1.29, 1.82) is 0 Å². The number of unbranched alkanes of at least 4 members (excludes halogenated alkanes) is 1. The molecule has 3 heterocycles. The molecule has 2 aliphatic rings. The summed E-state index contributed by atoms with van der Waals surface area (Å²) >= 11 is 2.84. The van der Waals surface area contributed by atoms with E-state index in [2.05, 4.69) is 12.0 Å². The van der Waals surface area contributed by atoms with Gasteiger partial charge in [-0.15, -0.1) is 11.3 Å². The Morgan fingerprint density at radius 3 is 2.61 bits per heavy atom. The fourth-order valence-corrected chi connectivity index (χ4v) is 6.78. The normalized spacial score (nSPS) is 18.1. The molecular formula is C25H23N5O4S2. The van der Waals surface area contributed by atoms with Gasteiger partial charge in [-0.05, 0) is 31.5 Å². The van der Waals surface area contributed by atoms with E-state index in [-0.39, 0.29) is 11.2 Å². The summed E-state index contributed by atoms with van der Waals surface area (Å²) in [5.74, 6) is -0.410. The molecule has 0 saturated carbocycles. The number of aromatic nitrogens is 1. The van der Waals surface area contributed by atoms with Crippen molar-refractivity contribution in [1.82, 2.24) is 4.57 Å². The number of nitrogens with zero attached hydrogens (tertiary/aromatic N) is 5. The zero-order valence-electron chi connectivity index (χ0n) is 19.9. The number of fused-ring (bicyclic) bond motifs is 1. The SMILES string of the molecule is CCCCn1c(=O)/c(=C2/Sc3ccccc3N2C)s/c1=C1/C(=O)N(c2cccc([N+](=O)[O-])c2)N=C1C. The maximum absolute atomic E-state index is 13.7. The first-order valence-electron chi connectivity index (χ1n) is 11.4. The monoisotopic (exact) mass is 521 g/mol. The standard InChI is InChI=1S/C25H23N5O4S2/c1-4-5-13-28-23(32)21(25-27(3)18-11-6-7-12-19(18)35-25)36-24(28)20-15(2)26-29(22(20)31)16-9-8-10-17(14-16)30(33)34/h6-12,14H,4-5,13H2,1-3H3/b24-20+,25-21-. The van der Waals surface area contributed by atoms with Gasteiger partial charge in [-0.25, -0.2) is 0 Å². The molecule has 0 atom stereocenters. The van der Waals surface area contributed by atoms with Crippen molar-refractivity contribution in [2.75, 3.05) is 17.0 Å². The summed E-state index contributed by atoms with van der Waals surface area (Å²) in [6, 6.07) is 13.8. The molecule has 1 amide bonds. The lowest BCUT2D eigenvalue weighted by atomic mass is 10.2. The van der Waals surface area contributed by atoms with Crippen LogP contribution in [0, 0.1) is 10.1 Å². The number of benzene rings is 2. The predicted octanol–water partition coefficient (Wildman–Crippen LogP) is 3.50. The molecule has 2 aromatic carbocycles. The van der Waals surface area contributed by atoms with Crippen molar-refractivity contribution in [3.63, 3.8) is 0 Å². The molecular weight excluding hydrogens is 498 g/mol. The van der Waals surface area contributed by atoms with Crippen molar-refractivity contribution < 1.29 is 9.72 Å². The second-order valence-corrected chi connectivity index (χ2v) is 10.5. The van der Waals surface area contributed by atoms with Gasteiger partial charge in [0.15, 0.2) is 0 Å². The number of hydrogen-bond acceptors (Lipinski definition) is 8. The maximum atomic E-state index is 13.7. The van der Waals surface area contributed by atoms with Gasteiger partial charge in [0, 0.05) is 30.6 Å².